The number of nitrogens with two attached hydrogens (primary N) is 2. The normalized spacial score (nSPS) is 22.2. The van der Waals surface area contributed by atoms with Crippen LogP contribution >= 0.6 is 0 Å². The van der Waals surface area contributed by atoms with Crippen molar-refractivity contribution in [2.45, 2.75) is 72.4 Å². The molecule has 0 saturated carbocycles. The molecule has 0 spiro atoms. The fraction of sp³-hybridized carbons (Fsp3) is 0.538. The van der Waals surface area contributed by atoms with E-state index in [9.17, 15) is 0 Å². The van der Waals surface area contributed by atoms with Crippen molar-refractivity contribution in [1.29, 1.82) is 0 Å². The van der Waals surface area contributed by atoms with Gasteiger partial charge in [0.2, 0.25) is 0 Å². The molecule has 4 N–H and O–H groups in total. The molecular formula is C26H40N2O2. The fourth-order valence-corrected chi connectivity index (χ4v) is 3.58. The Kier molecular flexibility index (Phi) is 9.99. The van der Waals surface area contributed by atoms with Crippen LogP contribution in [0, 0.1) is 11.8 Å². The molecule has 4 rings (SSSR count). The van der Waals surface area contributed by atoms with Gasteiger partial charge in [-0.15, -0.1) is 0 Å². The smallest absolute Gasteiger partial charge is 0.0774 e. The van der Waals surface area contributed by atoms with Crippen molar-refractivity contribution in [3.63, 3.8) is 0 Å². The van der Waals surface area contributed by atoms with Crippen molar-refractivity contribution < 1.29 is 9.47 Å². The summed E-state index contributed by atoms with van der Waals surface area (Å²) < 4.78 is 11.1. The Bertz CT molecular complexity index is 757. The first-order valence-electron chi connectivity index (χ1n) is 11.2. The molecule has 3 atom stereocenters. The Hall–Kier alpha value is -1.72. The van der Waals surface area contributed by atoms with Crippen LogP contribution < -0.4 is 11.5 Å². The van der Waals surface area contributed by atoms with Crippen LogP contribution in [-0.2, 0) is 22.7 Å². The fourth-order valence-electron chi connectivity index (χ4n) is 3.58. The van der Waals surface area contributed by atoms with Gasteiger partial charge in [0.15, 0.2) is 0 Å². The number of benzene rings is 2. The summed E-state index contributed by atoms with van der Waals surface area (Å²) in [5, 5.41) is 0. The van der Waals surface area contributed by atoms with E-state index in [2.05, 4.69) is 65.0 Å². The number of fused-ring (bicyclic) bond motifs is 2. The van der Waals surface area contributed by atoms with E-state index in [-0.39, 0.29) is 18.2 Å². The number of hydrogen-bond acceptors (Lipinski definition) is 4. The molecule has 30 heavy (non-hydrogen) atoms. The van der Waals surface area contributed by atoms with E-state index < -0.39 is 0 Å². The molecule has 0 saturated heterocycles. The van der Waals surface area contributed by atoms with Crippen molar-refractivity contribution in [3.05, 3.63) is 70.8 Å². The van der Waals surface area contributed by atoms with Crippen molar-refractivity contribution in [1.82, 2.24) is 0 Å². The molecule has 0 bridgehead atoms. The van der Waals surface area contributed by atoms with Crippen LogP contribution in [0.5, 0.6) is 0 Å². The minimum absolute atomic E-state index is 0.0392. The molecule has 0 fully saturated rings. The molecule has 2 aliphatic heterocycles. The van der Waals surface area contributed by atoms with Gasteiger partial charge >= 0.3 is 0 Å². The van der Waals surface area contributed by atoms with E-state index in [1.165, 1.54) is 22.3 Å². The third kappa shape index (κ3) is 7.51. The van der Waals surface area contributed by atoms with Gasteiger partial charge in [-0.2, -0.15) is 0 Å². The summed E-state index contributed by atoms with van der Waals surface area (Å²) in [6.07, 6.45) is 1.22. The first kappa shape index (κ1) is 24.5. The Morgan fingerprint density at radius 2 is 1.37 bits per heavy atom. The lowest BCUT2D eigenvalue weighted by molar-refractivity contribution is -0.00338. The van der Waals surface area contributed by atoms with Crippen LogP contribution in [0.25, 0.3) is 0 Å². The average Bonchev–Trinajstić information content (AvgIpc) is 2.71. The minimum atomic E-state index is 0.0392. The average molecular weight is 413 g/mol. The maximum Gasteiger partial charge on any atom is 0.0774 e. The van der Waals surface area contributed by atoms with E-state index in [0.717, 1.165) is 12.3 Å². The Balaban J connectivity index is 0.000000187. The van der Waals surface area contributed by atoms with Gasteiger partial charge in [-0.3, -0.25) is 0 Å². The van der Waals surface area contributed by atoms with E-state index in [4.69, 9.17) is 20.9 Å². The van der Waals surface area contributed by atoms with E-state index in [1.807, 2.05) is 18.2 Å². The number of ether oxygens (including phenoxy) is 2. The van der Waals surface area contributed by atoms with Gasteiger partial charge in [-0.05, 0) is 40.5 Å². The lowest BCUT2D eigenvalue weighted by Gasteiger charge is -2.32. The van der Waals surface area contributed by atoms with Crippen LogP contribution in [0.3, 0.4) is 0 Å². The highest BCUT2D eigenvalue weighted by Crippen LogP contribution is 2.30. The SMILES string of the molecule is CC(C)C.CC(C)C[C@@H]1OCc2ccccc2C1N.N[C@@H]1COCc2ccccc21. The monoisotopic (exact) mass is 412 g/mol. The molecule has 2 aliphatic rings. The molecule has 1 unspecified atom stereocenters. The quantitative estimate of drug-likeness (QED) is 0.682. The summed E-state index contributed by atoms with van der Waals surface area (Å²) in [6, 6.07) is 16.6. The third-order valence-corrected chi connectivity index (χ3v) is 4.98. The largest absolute Gasteiger partial charge is 0.375 e. The summed E-state index contributed by atoms with van der Waals surface area (Å²) in [5.74, 6) is 1.46. The predicted octanol–water partition coefficient (Wildman–Crippen LogP) is 5.51. The van der Waals surface area contributed by atoms with Crippen molar-refractivity contribution in [2.75, 3.05) is 6.61 Å². The highest BCUT2D eigenvalue weighted by molar-refractivity contribution is 5.32. The number of rotatable bonds is 2. The second-order valence-electron chi connectivity index (χ2n) is 9.26. The molecule has 0 amide bonds. The van der Waals surface area contributed by atoms with Gasteiger partial charge in [-0.25, -0.2) is 0 Å². The first-order valence-corrected chi connectivity index (χ1v) is 11.2. The Labute approximate surface area is 183 Å². The van der Waals surface area contributed by atoms with Gasteiger partial charge in [0, 0.05) is 0 Å². The lowest BCUT2D eigenvalue weighted by Crippen LogP contribution is -2.34. The van der Waals surface area contributed by atoms with Crippen LogP contribution in [0.2, 0.25) is 0 Å². The van der Waals surface area contributed by atoms with E-state index in [1.54, 1.807) is 0 Å². The Morgan fingerprint density at radius 1 is 0.833 bits per heavy atom. The van der Waals surface area contributed by atoms with Gasteiger partial charge in [0.05, 0.1) is 38.0 Å². The van der Waals surface area contributed by atoms with E-state index in [0.29, 0.717) is 25.7 Å². The molecule has 4 nitrogen and oxygen atoms in total. The van der Waals surface area contributed by atoms with Gasteiger partial charge in [0.25, 0.3) is 0 Å². The topological polar surface area (TPSA) is 70.5 Å². The van der Waals surface area contributed by atoms with Crippen molar-refractivity contribution in [2.24, 2.45) is 23.3 Å². The van der Waals surface area contributed by atoms with Crippen LogP contribution in [0.15, 0.2) is 48.5 Å². The van der Waals surface area contributed by atoms with E-state index >= 15 is 0 Å². The molecule has 166 valence electrons. The van der Waals surface area contributed by atoms with Crippen LogP contribution in [0.4, 0.5) is 0 Å². The summed E-state index contributed by atoms with van der Waals surface area (Å²) >= 11 is 0. The first-order chi connectivity index (χ1) is 14.3. The summed E-state index contributed by atoms with van der Waals surface area (Å²) in [5.41, 5.74) is 17.0. The molecule has 2 heterocycles. The molecule has 0 radical (unpaired) electrons. The van der Waals surface area contributed by atoms with Crippen molar-refractivity contribution >= 4 is 0 Å². The minimum Gasteiger partial charge on any atom is -0.375 e. The zero-order chi connectivity index (χ0) is 22.1. The second kappa shape index (κ2) is 12.2. The lowest BCUT2D eigenvalue weighted by atomic mass is 9.90. The molecular weight excluding hydrogens is 372 g/mol. The summed E-state index contributed by atoms with van der Waals surface area (Å²) in [7, 11) is 0. The highest BCUT2D eigenvalue weighted by atomic mass is 16.5. The second-order valence-corrected chi connectivity index (χ2v) is 9.26. The summed E-state index contributed by atoms with van der Waals surface area (Å²) in [4.78, 5) is 0. The third-order valence-electron chi connectivity index (χ3n) is 4.98. The molecule has 4 heteroatoms. The highest BCUT2D eigenvalue weighted by Gasteiger charge is 2.27. The summed E-state index contributed by atoms with van der Waals surface area (Å²) in [6.45, 7) is 13.0. The Morgan fingerprint density at radius 3 is 1.93 bits per heavy atom. The zero-order valence-corrected chi connectivity index (χ0v) is 19.3. The predicted molar refractivity (Wildman–Crippen MR) is 125 cm³/mol. The molecule has 0 aliphatic carbocycles. The van der Waals surface area contributed by atoms with Gasteiger partial charge in [0.1, 0.15) is 0 Å². The van der Waals surface area contributed by atoms with Gasteiger partial charge in [-0.1, -0.05) is 83.1 Å². The maximum absolute atomic E-state index is 6.21. The molecule has 2 aromatic carbocycles. The maximum atomic E-state index is 6.21. The van der Waals surface area contributed by atoms with Crippen LogP contribution in [-0.4, -0.2) is 12.7 Å². The zero-order valence-electron chi connectivity index (χ0n) is 19.3. The molecule has 0 aromatic heterocycles. The number of hydrogen-bond donors (Lipinski definition) is 2. The van der Waals surface area contributed by atoms with Crippen LogP contribution in [0.1, 0.15) is 75.4 Å². The standard InChI is InChI=1S/C13H19NO.C9H11NO.C4H10/c1-9(2)7-12-13(14)11-6-4-3-5-10(11)8-15-12;10-9-6-11-5-7-3-1-2-4-8(7)9;1-4(2)3/h3-6,9,12-13H,7-8,14H2,1-2H3;1-4,9H,5-6,10H2;4H,1-3H3/t12-,13?;9-;/m01./s1. The molecule has 2 aromatic rings. The van der Waals surface area contributed by atoms with Crippen molar-refractivity contribution in [3.8, 4) is 0 Å². The van der Waals surface area contributed by atoms with Gasteiger partial charge < -0.3 is 20.9 Å².